The van der Waals surface area contributed by atoms with Gasteiger partial charge in [-0.15, -0.1) is 0 Å². The van der Waals surface area contributed by atoms with Crippen LogP contribution in [-0.4, -0.2) is 17.0 Å². The Bertz CT molecular complexity index is 734. The molecule has 2 aromatic carbocycles. The van der Waals surface area contributed by atoms with E-state index in [1.165, 1.54) is 36.4 Å². The number of rotatable bonds is 3. The first-order valence-corrected chi connectivity index (χ1v) is 7.26. The summed E-state index contributed by atoms with van der Waals surface area (Å²) in [5.74, 6) is -1.95. The summed E-state index contributed by atoms with van der Waals surface area (Å²) in [4.78, 5) is 23.0. The molecule has 0 atom stereocenters. The van der Waals surface area contributed by atoms with Crippen LogP contribution < -0.4 is 5.32 Å². The number of aromatic carboxylic acids is 1. The van der Waals surface area contributed by atoms with Gasteiger partial charge in [-0.3, -0.25) is 4.79 Å². The number of carboxylic acids is 1. The van der Waals surface area contributed by atoms with Gasteiger partial charge in [0.05, 0.1) is 16.8 Å². The Labute approximate surface area is 136 Å². The lowest BCUT2D eigenvalue weighted by Gasteiger charge is -2.09. The zero-order chi connectivity index (χ0) is 15.6. The molecule has 4 nitrogen and oxygen atoms in total. The molecule has 0 fully saturated rings. The first-order valence-electron chi connectivity index (χ1n) is 5.67. The lowest BCUT2D eigenvalue weighted by molar-refractivity contribution is 0.0696. The van der Waals surface area contributed by atoms with Crippen molar-refractivity contribution in [1.82, 2.24) is 0 Å². The number of anilines is 1. The van der Waals surface area contributed by atoms with Gasteiger partial charge in [-0.1, -0.05) is 0 Å². The minimum absolute atomic E-state index is 0.0998. The molecule has 0 aliphatic heterocycles. The third-order valence-corrected chi connectivity index (χ3v) is 3.95. The van der Waals surface area contributed by atoms with Crippen LogP contribution >= 0.6 is 31.9 Å². The fourth-order valence-corrected chi connectivity index (χ4v) is 2.62. The van der Waals surface area contributed by atoms with E-state index < -0.39 is 17.7 Å². The molecule has 0 aromatic heterocycles. The van der Waals surface area contributed by atoms with Gasteiger partial charge < -0.3 is 10.4 Å². The second kappa shape index (κ2) is 6.36. The Morgan fingerprint density at radius 1 is 1.05 bits per heavy atom. The molecular formula is C14H8Br2FNO3. The second-order valence-electron chi connectivity index (χ2n) is 4.08. The number of hydrogen-bond donors (Lipinski definition) is 2. The third kappa shape index (κ3) is 3.68. The van der Waals surface area contributed by atoms with E-state index in [0.29, 0.717) is 14.6 Å². The first-order chi connectivity index (χ1) is 9.88. The van der Waals surface area contributed by atoms with Crippen LogP contribution in [0.1, 0.15) is 20.7 Å². The van der Waals surface area contributed by atoms with Crippen LogP contribution in [0.3, 0.4) is 0 Å². The molecule has 1 amide bonds. The van der Waals surface area contributed by atoms with E-state index in [9.17, 15) is 14.0 Å². The minimum atomic E-state index is -1.06. The van der Waals surface area contributed by atoms with Gasteiger partial charge in [0, 0.05) is 8.95 Å². The molecule has 0 radical (unpaired) electrons. The number of hydrogen-bond acceptors (Lipinski definition) is 2. The average Bonchev–Trinajstić information content (AvgIpc) is 2.40. The number of nitrogens with one attached hydrogen (secondary N) is 1. The molecule has 0 bridgehead atoms. The highest BCUT2D eigenvalue weighted by molar-refractivity contribution is 9.11. The Morgan fingerprint density at radius 2 is 1.76 bits per heavy atom. The van der Waals surface area contributed by atoms with Gasteiger partial charge in [0.2, 0.25) is 0 Å². The summed E-state index contributed by atoms with van der Waals surface area (Å²) >= 11 is 6.32. The van der Waals surface area contributed by atoms with E-state index in [0.717, 1.165) is 0 Å². The molecular weight excluding hydrogens is 409 g/mol. The third-order valence-electron chi connectivity index (χ3n) is 2.64. The molecule has 108 valence electrons. The van der Waals surface area contributed by atoms with Gasteiger partial charge in [-0.25, -0.2) is 9.18 Å². The quantitative estimate of drug-likeness (QED) is 0.783. The van der Waals surface area contributed by atoms with Gasteiger partial charge in [0.25, 0.3) is 5.91 Å². The van der Waals surface area contributed by atoms with Crippen molar-refractivity contribution in [1.29, 1.82) is 0 Å². The summed E-state index contributed by atoms with van der Waals surface area (Å²) in [5.41, 5.74) is 0.787. The highest BCUT2D eigenvalue weighted by atomic mass is 79.9. The fraction of sp³-hybridized carbons (Fsp3) is 0. The molecule has 2 rings (SSSR count). The topological polar surface area (TPSA) is 66.4 Å². The number of amides is 1. The fourth-order valence-electron chi connectivity index (χ4n) is 1.61. The van der Waals surface area contributed by atoms with Crippen LogP contribution in [0.4, 0.5) is 10.1 Å². The summed E-state index contributed by atoms with van der Waals surface area (Å²) < 4.78 is 13.8. The molecule has 7 heteroatoms. The van der Waals surface area contributed by atoms with Crippen molar-refractivity contribution in [3.63, 3.8) is 0 Å². The summed E-state index contributed by atoms with van der Waals surface area (Å²) in [6, 6.07) is 7.97. The standard InChI is InChI=1S/C14H8Br2FNO3/c15-10-6-8(17)2-3-9(10)13(19)18-12-4-1-7(14(20)21)5-11(12)16/h1-6H,(H,18,19)(H,20,21). The Hall–Kier alpha value is -1.73. The van der Waals surface area contributed by atoms with E-state index >= 15 is 0 Å². The van der Waals surface area contributed by atoms with Gasteiger partial charge >= 0.3 is 5.97 Å². The first kappa shape index (κ1) is 15.7. The Morgan fingerprint density at radius 3 is 2.33 bits per heavy atom. The molecule has 2 aromatic rings. The maximum absolute atomic E-state index is 13.0. The number of benzene rings is 2. The van der Waals surface area contributed by atoms with E-state index in [1.54, 1.807) is 0 Å². The van der Waals surface area contributed by atoms with Crippen LogP contribution in [0.15, 0.2) is 45.3 Å². The van der Waals surface area contributed by atoms with Crippen LogP contribution in [0, 0.1) is 5.82 Å². The maximum atomic E-state index is 13.0. The van der Waals surface area contributed by atoms with E-state index in [4.69, 9.17) is 5.11 Å². The lowest BCUT2D eigenvalue weighted by Crippen LogP contribution is -2.13. The molecule has 0 aliphatic carbocycles. The molecule has 0 saturated heterocycles. The predicted octanol–water partition coefficient (Wildman–Crippen LogP) is 4.30. The van der Waals surface area contributed by atoms with Crippen molar-refractivity contribution in [3.05, 3.63) is 62.3 Å². The summed E-state index contributed by atoms with van der Waals surface area (Å²) in [6.07, 6.45) is 0. The summed E-state index contributed by atoms with van der Waals surface area (Å²) in [7, 11) is 0. The smallest absolute Gasteiger partial charge is 0.335 e. The number of halogens is 3. The van der Waals surface area contributed by atoms with E-state index in [-0.39, 0.29) is 11.1 Å². The van der Waals surface area contributed by atoms with Crippen molar-refractivity contribution in [2.75, 3.05) is 5.32 Å². The van der Waals surface area contributed by atoms with E-state index in [2.05, 4.69) is 37.2 Å². The monoisotopic (exact) mass is 415 g/mol. The Kier molecular flexibility index (Phi) is 4.74. The SMILES string of the molecule is O=C(O)c1ccc(NC(=O)c2ccc(F)cc2Br)c(Br)c1. The van der Waals surface area contributed by atoms with E-state index in [1.807, 2.05) is 0 Å². The van der Waals surface area contributed by atoms with Gasteiger partial charge in [0.1, 0.15) is 5.82 Å². The normalized spacial score (nSPS) is 10.2. The van der Waals surface area contributed by atoms with Crippen LogP contribution in [0.25, 0.3) is 0 Å². The highest BCUT2D eigenvalue weighted by Gasteiger charge is 2.13. The van der Waals surface area contributed by atoms with Crippen molar-refractivity contribution < 1.29 is 19.1 Å². The van der Waals surface area contributed by atoms with Crippen LogP contribution in [0.5, 0.6) is 0 Å². The molecule has 0 unspecified atom stereocenters. The van der Waals surface area contributed by atoms with Gasteiger partial charge in [-0.2, -0.15) is 0 Å². The minimum Gasteiger partial charge on any atom is -0.478 e. The van der Waals surface area contributed by atoms with Crippen molar-refractivity contribution in [2.24, 2.45) is 0 Å². The zero-order valence-corrected chi connectivity index (χ0v) is 13.5. The number of carbonyl (C=O) groups is 2. The molecule has 21 heavy (non-hydrogen) atoms. The van der Waals surface area contributed by atoms with Crippen LogP contribution in [-0.2, 0) is 0 Å². The molecule has 0 aliphatic rings. The Balaban J connectivity index is 2.25. The number of carboxylic acid groups (broad SMARTS) is 1. The molecule has 0 spiro atoms. The van der Waals surface area contributed by atoms with Crippen molar-refractivity contribution >= 4 is 49.4 Å². The predicted molar refractivity (Wildman–Crippen MR) is 83.2 cm³/mol. The summed E-state index contributed by atoms with van der Waals surface area (Å²) in [6.45, 7) is 0. The average molecular weight is 417 g/mol. The zero-order valence-electron chi connectivity index (χ0n) is 10.4. The largest absolute Gasteiger partial charge is 0.478 e. The molecule has 2 N–H and O–H groups in total. The van der Waals surface area contributed by atoms with Crippen LogP contribution in [0.2, 0.25) is 0 Å². The molecule has 0 heterocycles. The lowest BCUT2D eigenvalue weighted by atomic mass is 10.2. The second-order valence-corrected chi connectivity index (χ2v) is 5.79. The molecule has 0 saturated carbocycles. The number of carbonyl (C=O) groups excluding carboxylic acids is 1. The maximum Gasteiger partial charge on any atom is 0.335 e. The van der Waals surface area contributed by atoms with Crippen molar-refractivity contribution in [2.45, 2.75) is 0 Å². The van der Waals surface area contributed by atoms with Crippen molar-refractivity contribution in [3.8, 4) is 0 Å². The highest BCUT2D eigenvalue weighted by Crippen LogP contribution is 2.25. The van der Waals surface area contributed by atoms with Gasteiger partial charge in [-0.05, 0) is 68.3 Å². The van der Waals surface area contributed by atoms with Gasteiger partial charge in [0.15, 0.2) is 0 Å². The summed E-state index contributed by atoms with van der Waals surface area (Å²) in [5, 5.41) is 11.5.